The molecule has 3 aromatic rings. The SMILES string of the molecule is CC(C)(C)OC(=O)NC(c1ccn2ccnc2c1)N1CCSC(c2ccc(Cl)cc2Cl)C1. The molecule has 6 nitrogen and oxygen atoms in total. The topological polar surface area (TPSA) is 58.9 Å². The molecule has 2 atom stereocenters. The molecule has 0 radical (unpaired) electrons. The van der Waals surface area contributed by atoms with Crippen molar-refractivity contribution in [2.75, 3.05) is 18.8 Å². The summed E-state index contributed by atoms with van der Waals surface area (Å²) in [6, 6.07) is 9.63. The molecule has 2 aromatic heterocycles. The van der Waals surface area contributed by atoms with Crippen LogP contribution in [0.2, 0.25) is 10.0 Å². The van der Waals surface area contributed by atoms with E-state index in [-0.39, 0.29) is 11.4 Å². The number of carbonyl (C=O) groups is 1. The van der Waals surface area contributed by atoms with Gasteiger partial charge >= 0.3 is 6.09 Å². The predicted molar refractivity (Wildman–Crippen MR) is 131 cm³/mol. The third kappa shape index (κ3) is 5.52. The minimum absolute atomic E-state index is 0.159. The fraction of sp³-hybridized carbons (Fsp3) is 0.391. The summed E-state index contributed by atoms with van der Waals surface area (Å²) in [5.41, 5.74) is 2.23. The summed E-state index contributed by atoms with van der Waals surface area (Å²) < 4.78 is 7.50. The van der Waals surface area contributed by atoms with Crippen molar-refractivity contribution in [1.82, 2.24) is 19.6 Å². The highest BCUT2D eigenvalue weighted by molar-refractivity contribution is 7.99. The van der Waals surface area contributed by atoms with Gasteiger partial charge in [-0.1, -0.05) is 29.3 Å². The van der Waals surface area contributed by atoms with Crippen LogP contribution < -0.4 is 5.32 Å². The quantitative estimate of drug-likeness (QED) is 0.487. The van der Waals surface area contributed by atoms with Gasteiger partial charge in [0.15, 0.2) is 0 Å². The molecule has 1 N–H and O–H groups in total. The number of hydrogen-bond acceptors (Lipinski definition) is 5. The van der Waals surface area contributed by atoms with E-state index in [1.807, 2.05) is 73.6 Å². The zero-order chi connectivity index (χ0) is 22.9. The Morgan fingerprint density at radius 1 is 1.25 bits per heavy atom. The predicted octanol–water partition coefficient (Wildman–Crippen LogP) is 5.95. The molecule has 0 aliphatic carbocycles. The van der Waals surface area contributed by atoms with Gasteiger partial charge in [-0.3, -0.25) is 4.90 Å². The van der Waals surface area contributed by atoms with Gasteiger partial charge in [-0.05, 0) is 56.2 Å². The van der Waals surface area contributed by atoms with Crippen molar-refractivity contribution in [3.8, 4) is 0 Å². The second kappa shape index (κ2) is 9.51. The normalized spacial score (nSPS) is 18.5. The van der Waals surface area contributed by atoms with Gasteiger partial charge < -0.3 is 14.5 Å². The molecule has 1 aliphatic heterocycles. The van der Waals surface area contributed by atoms with Gasteiger partial charge in [0.25, 0.3) is 0 Å². The summed E-state index contributed by atoms with van der Waals surface area (Å²) in [5.74, 6) is 0.905. The van der Waals surface area contributed by atoms with Crippen LogP contribution >= 0.6 is 35.0 Å². The Kier molecular flexibility index (Phi) is 6.91. The first-order valence-corrected chi connectivity index (χ1v) is 12.2. The van der Waals surface area contributed by atoms with Crippen LogP contribution in [0.4, 0.5) is 4.79 Å². The number of aromatic nitrogens is 2. The molecule has 0 saturated carbocycles. The number of hydrogen-bond donors (Lipinski definition) is 1. The number of alkyl carbamates (subject to hydrolysis) is 1. The molecular weight excluding hydrogens is 467 g/mol. The molecule has 3 heterocycles. The smallest absolute Gasteiger partial charge is 0.409 e. The number of benzene rings is 1. The Morgan fingerprint density at radius 3 is 2.81 bits per heavy atom. The molecule has 2 unspecified atom stereocenters. The number of fused-ring (bicyclic) bond motifs is 1. The maximum absolute atomic E-state index is 12.7. The number of ether oxygens (including phenoxy) is 1. The number of carbonyl (C=O) groups excluding carboxylic acids is 1. The average molecular weight is 493 g/mol. The molecule has 1 amide bonds. The van der Waals surface area contributed by atoms with Crippen molar-refractivity contribution in [2.45, 2.75) is 37.8 Å². The number of thioether (sulfide) groups is 1. The standard InChI is InChI=1S/C23H26Cl2N4O2S/c1-23(2,3)31-22(30)27-21(15-6-8-28-9-7-26-20(28)12-15)29-10-11-32-19(14-29)17-5-4-16(24)13-18(17)25/h4-9,12-13,19,21H,10-11,14H2,1-3H3,(H,27,30). The second-order valence-electron chi connectivity index (χ2n) is 8.72. The van der Waals surface area contributed by atoms with Crippen molar-refractivity contribution in [2.24, 2.45) is 0 Å². The average Bonchev–Trinajstić information content (AvgIpc) is 3.18. The van der Waals surface area contributed by atoms with Crippen molar-refractivity contribution in [1.29, 1.82) is 0 Å². The molecule has 0 bridgehead atoms. The number of halogens is 2. The van der Waals surface area contributed by atoms with Gasteiger partial charge in [0, 0.05) is 52.7 Å². The number of pyridine rings is 1. The fourth-order valence-electron chi connectivity index (χ4n) is 3.76. The highest BCUT2D eigenvalue weighted by Gasteiger charge is 2.31. The number of nitrogens with zero attached hydrogens (tertiary/aromatic N) is 3. The Labute approximate surface area is 202 Å². The lowest BCUT2D eigenvalue weighted by molar-refractivity contribution is 0.0415. The second-order valence-corrected chi connectivity index (χ2v) is 10.9. The Bertz CT molecular complexity index is 1110. The van der Waals surface area contributed by atoms with Crippen LogP contribution in [-0.2, 0) is 4.74 Å². The van der Waals surface area contributed by atoms with Gasteiger partial charge in [0.2, 0.25) is 0 Å². The van der Waals surface area contributed by atoms with Crippen LogP contribution in [0, 0.1) is 0 Å². The highest BCUT2D eigenvalue weighted by atomic mass is 35.5. The monoisotopic (exact) mass is 492 g/mol. The lowest BCUT2D eigenvalue weighted by Crippen LogP contribution is -2.47. The molecule has 1 saturated heterocycles. The van der Waals surface area contributed by atoms with E-state index in [0.717, 1.165) is 29.1 Å². The summed E-state index contributed by atoms with van der Waals surface area (Å²) in [6.45, 7) is 7.09. The molecule has 1 aliphatic rings. The van der Waals surface area contributed by atoms with E-state index in [4.69, 9.17) is 27.9 Å². The highest BCUT2D eigenvalue weighted by Crippen LogP contribution is 2.39. The first-order valence-electron chi connectivity index (χ1n) is 10.4. The van der Waals surface area contributed by atoms with Gasteiger partial charge in [-0.25, -0.2) is 9.78 Å². The van der Waals surface area contributed by atoms with Gasteiger partial charge in [0.05, 0.1) is 0 Å². The fourth-order valence-corrected chi connectivity index (χ4v) is 5.67. The van der Waals surface area contributed by atoms with E-state index < -0.39 is 11.7 Å². The maximum atomic E-state index is 12.7. The summed E-state index contributed by atoms with van der Waals surface area (Å²) in [5, 5.41) is 4.51. The van der Waals surface area contributed by atoms with E-state index in [1.165, 1.54) is 0 Å². The first-order chi connectivity index (χ1) is 15.2. The molecule has 9 heteroatoms. The van der Waals surface area contributed by atoms with Gasteiger partial charge in [0.1, 0.15) is 17.4 Å². The van der Waals surface area contributed by atoms with Crippen molar-refractivity contribution in [3.05, 3.63) is 70.1 Å². The molecule has 0 spiro atoms. The largest absolute Gasteiger partial charge is 0.444 e. The van der Waals surface area contributed by atoms with Gasteiger partial charge in [-0.15, -0.1) is 0 Å². The van der Waals surface area contributed by atoms with E-state index >= 15 is 0 Å². The lowest BCUT2D eigenvalue weighted by Gasteiger charge is -2.39. The molecule has 1 aromatic carbocycles. The molecule has 1 fully saturated rings. The molecule has 4 rings (SSSR count). The molecular formula is C23H26Cl2N4O2S. The summed E-state index contributed by atoms with van der Waals surface area (Å²) in [4.78, 5) is 19.4. The van der Waals surface area contributed by atoms with Crippen LogP contribution in [-0.4, -0.2) is 44.8 Å². The van der Waals surface area contributed by atoms with Gasteiger partial charge in [-0.2, -0.15) is 11.8 Å². The van der Waals surface area contributed by atoms with E-state index in [2.05, 4.69) is 15.2 Å². The molecule has 170 valence electrons. The number of nitrogens with one attached hydrogen (secondary N) is 1. The summed E-state index contributed by atoms with van der Waals surface area (Å²) in [6.07, 6.45) is 4.79. The Hall–Kier alpha value is -1.93. The van der Waals surface area contributed by atoms with Crippen LogP contribution in [0.1, 0.15) is 43.3 Å². The van der Waals surface area contributed by atoms with E-state index in [9.17, 15) is 4.79 Å². The van der Waals surface area contributed by atoms with Crippen LogP contribution in [0.15, 0.2) is 48.9 Å². The maximum Gasteiger partial charge on any atom is 0.409 e. The molecule has 32 heavy (non-hydrogen) atoms. The third-order valence-electron chi connectivity index (χ3n) is 5.16. The van der Waals surface area contributed by atoms with Crippen LogP contribution in [0.3, 0.4) is 0 Å². The van der Waals surface area contributed by atoms with E-state index in [0.29, 0.717) is 16.6 Å². The van der Waals surface area contributed by atoms with Crippen LogP contribution in [0.5, 0.6) is 0 Å². The minimum atomic E-state index is -0.585. The van der Waals surface area contributed by atoms with Crippen LogP contribution in [0.25, 0.3) is 5.65 Å². The lowest BCUT2D eigenvalue weighted by atomic mass is 10.1. The Balaban J connectivity index is 1.62. The third-order valence-corrected chi connectivity index (χ3v) is 6.95. The van der Waals surface area contributed by atoms with E-state index in [1.54, 1.807) is 12.3 Å². The van der Waals surface area contributed by atoms with Crippen molar-refractivity contribution in [3.63, 3.8) is 0 Å². The van der Waals surface area contributed by atoms with Crippen molar-refractivity contribution < 1.29 is 9.53 Å². The number of imidazole rings is 1. The minimum Gasteiger partial charge on any atom is -0.444 e. The Morgan fingerprint density at radius 2 is 2.06 bits per heavy atom. The zero-order valence-electron chi connectivity index (χ0n) is 18.2. The van der Waals surface area contributed by atoms with Crippen molar-refractivity contribution >= 4 is 46.7 Å². The summed E-state index contributed by atoms with van der Waals surface area (Å²) in [7, 11) is 0. The zero-order valence-corrected chi connectivity index (χ0v) is 20.5. The number of amides is 1. The first kappa shape index (κ1) is 23.2. The summed E-state index contributed by atoms with van der Waals surface area (Å²) >= 11 is 14.4. The number of rotatable bonds is 4.